The maximum Gasteiger partial charge on any atom is 0.322 e. The van der Waals surface area contributed by atoms with E-state index in [1.54, 1.807) is 13.0 Å². The van der Waals surface area contributed by atoms with E-state index in [-0.39, 0.29) is 15.5 Å². The van der Waals surface area contributed by atoms with E-state index in [0.29, 0.717) is 29.7 Å². The number of hydrogen-bond acceptors (Lipinski definition) is 6. The monoisotopic (exact) mass is 499 g/mol. The number of fused-ring (bicyclic) bond motifs is 1. The molecule has 10 heteroatoms. The summed E-state index contributed by atoms with van der Waals surface area (Å²) >= 11 is 0. The molecule has 0 atom stereocenters. The smallest absolute Gasteiger partial charge is 0.322 e. The number of benzene rings is 3. The number of carbonyl (C=O) groups excluding carboxylic acids is 1. The van der Waals surface area contributed by atoms with Crippen LogP contribution in [0.2, 0.25) is 0 Å². The SMILES string of the molecule is Cc1cc(C(=O)NCC(=O)O)c2c(c1Oc1ccc(O)c(S(=O)(=O)c3ccc(F)cc3)c1)CCC2. The van der Waals surface area contributed by atoms with Crippen LogP contribution in [0.1, 0.15) is 33.5 Å². The van der Waals surface area contributed by atoms with Crippen LogP contribution in [0.15, 0.2) is 58.3 Å². The van der Waals surface area contributed by atoms with E-state index in [0.717, 1.165) is 41.8 Å². The van der Waals surface area contributed by atoms with Gasteiger partial charge in [-0.3, -0.25) is 9.59 Å². The van der Waals surface area contributed by atoms with Gasteiger partial charge in [0.2, 0.25) is 9.84 Å². The van der Waals surface area contributed by atoms with Crippen molar-refractivity contribution in [1.82, 2.24) is 5.32 Å². The zero-order chi connectivity index (χ0) is 25.3. The van der Waals surface area contributed by atoms with E-state index in [4.69, 9.17) is 9.84 Å². The van der Waals surface area contributed by atoms with Gasteiger partial charge >= 0.3 is 5.97 Å². The molecule has 0 aromatic heterocycles. The summed E-state index contributed by atoms with van der Waals surface area (Å²) < 4.78 is 45.4. The number of sulfone groups is 1. The Morgan fingerprint density at radius 3 is 2.43 bits per heavy atom. The number of aromatic hydroxyl groups is 1. The Balaban J connectivity index is 1.70. The molecule has 1 aliphatic rings. The molecular formula is C25H22FNO7S. The van der Waals surface area contributed by atoms with Gasteiger partial charge in [0, 0.05) is 11.6 Å². The summed E-state index contributed by atoms with van der Waals surface area (Å²) in [4.78, 5) is 22.8. The molecule has 0 unspecified atom stereocenters. The Bertz CT molecular complexity index is 1430. The number of ether oxygens (including phenoxy) is 1. The molecule has 182 valence electrons. The molecule has 0 radical (unpaired) electrons. The number of aryl methyl sites for hydroxylation is 1. The summed E-state index contributed by atoms with van der Waals surface area (Å²) in [6.45, 7) is 1.24. The molecule has 3 aromatic carbocycles. The number of phenolic OH excluding ortho intramolecular Hbond substituents is 1. The highest BCUT2D eigenvalue weighted by atomic mass is 32.2. The number of phenols is 1. The van der Waals surface area contributed by atoms with Gasteiger partial charge in [0.05, 0.1) is 4.90 Å². The first kappa shape index (κ1) is 24.2. The minimum Gasteiger partial charge on any atom is -0.507 e. The van der Waals surface area contributed by atoms with Crippen molar-refractivity contribution in [3.63, 3.8) is 0 Å². The van der Waals surface area contributed by atoms with Gasteiger partial charge in [-0.15, -0.1) is 0 Å². The van der Waals surface area contributed by atoms with Crippen LogP contribution in [0.5, 0.6) is 17.2 Å². The number of hydrogen-bond donors (Lipinski definition) is 3. The largest absolute Gasteiger partial charge is 0.507 e. The predicted octanol–water partition coefficient (Wildman–Crippen LogP) is 3.77. The molecule has 0 fully saturated rings. The zero-order valence-electron chi connectivity index (χ0n) is 18.7. The van der Waals surface area contributed by atoms with Crippen LogP contribution in [-0.2, 0) is 27.5 Å². The molecule has 0 spiro atoms. The van der Waals surface area contributed by atoms with Crippen LogP contribution in [0.4, 0.5) is 4.39 Å². The zero-order valence-corrected chi connectivity index (χ0v) is 19.5. The lowest BCUT2D eigenvalue weighted by molar-refractivity contribution is -0.135. The molecule has 0 heterocycles. The molecule has 3 N–H and O–H groups in total. The number of carboxylic acid groups (broad SMARTS) is 1. The van der Waals surface area contributed by atoms with Crippen molar-refractivity contribution < 1.29 is 37.3 Å². The summed E-state index contributed by atoms with van der Waals surface area (Å²) in [5, 5.41) is 21.5. The van der Waals surface area contributed by atoms with Crippen molar-refractivity contribution >= 4 is 21.7 Å². The lowest BCUT2D eigenvalue weighted by atomic mass is 9.98. The fourth-order valence-corrected chi connectivity index (χ4v) is 5.49. The third-order valence-electron chi connectivity index (χ3n) is 5.75. The molecule has 0 bridgehead atoms. The molecule has 0 saturated heterocycles. The second-order valence-electron chi connectivity index (χ2n) is 8.15. The molecule has 1 amide bonds. The van der Waals surface area contributed by atoms with Gasteiger partial charge < -0.3 is 20.3 Å². The summed E-state index contributed by atoms with van der Waals surface area (Å²) in [5.41, 5.74) is 2.55. The topological polar surface area (TPSA) is 130 Å². The van der Waals surface area contributed by atoms with Crippen LogP contribution in [0, 0.1) is 12.7 Å². The Morgan fingerprint density at radius 2 is 1.74 bits per heavy atom. The average Bonchev–Trinajstić information content (AvgIpc) is 3.30. The molecule has 0 saturated carbocycles. The molecular weight excluding hydrogens is 477 g/mol. The van der Waals surface area contributed by atoms with Gasteiger partial charge in [0.15, 0.2) is 0 Å². The van der Waals surface area contributed by atoms with E-state index >= 15 is 0 Å². The maximum atomic E-state index is 13.3. The van der Waals surface area contributed by atoms with Gasteiger partial charge in [-0.2, -0.15) is 0 Å². The molecule has 3 aromatic rings. The number of amides is 1. The molecule has 8 nitrogen and oxygen atoms in total. The second-order valence-corrected chi connectivity index (χ2v) is 10.1. The fraction of sp³-hybridized carbons (Fsp3) is 0.200. The van der Waals surface area contributed by atoms with Crippen LogP contribution >= 0.6 is 0 Å². The molecule has 4 rings (SSSR count). The van der Waals surface area contributed by atoms with Crippen molar-refractivity contribution in [1.29, 1.82) is 0 Å². The molecule has 35 heavy (non-hydrogen) atoms. The van der Waals surface area contributed by atoms with E-state index in [9.17, 15) is 27.5 Å². The van der Waals surface area contributed by atoms with Crippen LogP contribution in [-0.4, -0.2) is 37.1 Å². The number of halogens is 1. The molecule has 1 aliphatic carbocycles. The third-order valence-corrected chi connectivity index (χ3v) is 7.54. The van der Waals surface area contributed by atoms with Crippen molar-refractivity contribution in [3.05, 3.63) is 76.6 Å². The maximum absolute atomic E-state index is 13.3. The minimum absolute atomic E-state index is 0.156. The summed E-state index contributed by atoms with van der Waals surface area (Å²) in [5.74, 6) is -2.07. The van der Waals surface area contributed by atoms with Crippen LogP contribution in [0.25, 0.3) is 0 Å². The van der Waals surface area contributed by atoms with Gasteiger partial charge in [0.1, 0.15) is 34.5 Å². The summed E-state index contributed by atoms with van der Waals surface area (Å²) in [7, 11) is -4.15. The summed E-state index contributed by atoms with van der Waals surface area (Å²) in [6, 6.07) is 9.71. The Kier molecular flexibility index (Phi) is 6.49. The standard InChI is InChI=1S/C25H22FNO7S/c1-14-11-20(25(31)27-13-23(29)30)18-3-2-4-19(18)24(14)34-16-7-10-21(28)22(12-16)35(32,33)17-8-5-15(26)6-9-17/h5-12,28H,2-4,13H2,1H3,(H,27,31)(H,29,30). The van der Waals surface area contributed by atoms with Gasteiger partial charge in [-0.1, -0.05) is 0 Å². The predicted molar refractivity (Wildman–Crippen MR) is 123 cm³/mol. The van der Waals surface area contributed by atoms with Crippen molar-refractivity contribution in [2.45, 2.75) is 36.0 Å². The quantitative estimate of drug-likeness (QED) is 0.422. The Labute approximate surface area is 200 Å². The van der Waals surface area contributed by atoms with Crippen LogP contribution in [0.3, 0.4) is 0 Å². The van der Waals surface area contributed by atoms with E-state index in [1.165, 1.54) is 18.2 Å². The average molecular weight is 500 g/mol. The lowest BCUT2D eigenvalue weighted by Gasteiger charge is -2.17. The molecule has 0 aliphatic heterocycles. The van der Waals surface area contributed by atoms with E-state index in [2.05, 4.69) is 5.32 Å². The highest BCUT2D eigenvalue weighted by Gasteiger charge is 2.27. The van der Waals surface area contributed by atoms with Crippen molar-refractivity contribution in [2.24, 2.45) is 0 Å². The first-order valence-electron chi connectivity index (χ1n) is 10.7. The van der Waals surface area contributed by atoms with Gasteiger partial charge in [-0.25, -0.2) is 12.8 Å². The number of nitrogens with one attached hydrogen (secondary N) is 1. The Morgan fingerprint density at radius 1 is 1.06 bits per heavy atom. The summed E-state index contributed by atoms with van der Waals surface area (Å²) in [6.07, 6.45) is 2.01. The number of aliphatic carboxylic acids is 1. The van der Waals surface area contributed by atoms with Gasteiger partial charge in [0.25, 0.3) is 5.91 Å². The normalized spacial score (nSPS) is 12.7. The first-order valence-corrected chi connectivity index (χ1v) is 12.2. The lowest BCUT2D eigenvalue weighted by Crippen LogP contribution is -2.30. The number of carboxylic acids is 1. The van der Waals surface area contributed by atoms with E-state index in [1.807, 2.05) is 0 Å². The highest BCUT2D eigenvalue weighted by Crippen LogP contribution is 2.40. The van der Waals surface area contributed by atoms with E-state index < -0.39 is 39.8 Å². The van der Waals surface area contributed by atoms with Crippen LogP contribution < -0.4 is 10.1 Å². The third kappa shape index (κ3) is 4.83. The van der Waals surface area contributed by atoms with Crippen molar-refractivity contribution in [2.75, 3.05) is 6.54 Å². The first-order chi connectivity index (χ1) is 16.6. The minimum atomic E-state index is -4.15. The second kappa shape index (κ2) is 9.38. The van der Waals surface area contributed by atoms with Gasteiger partial charge in [-0.05, 0) is 85.3 Å². The number of carbonyl (C=O) groups is 2. The Hall–Kier alpha value is -3.92. The van der Waals surface area contributed by atoms with Crippen molar-refractivity contribution in [3.8, 4) is 17.2 Å². The highest BCUT2D eigenvalue weighted by molar-refractivity contribution is 7.91. The number of rotatable bonds is 7. The fourth-order valence-electron chi connectivity index (χ4n) is 4.13.